The first kappa shape index (κ1) is 20.7. The monoisotopic (exact) mass is 439 g/mol. The molecule has 1 aromatic heterocycles. The molecule has 1 aliphatic rings. The number of benzene rings is 2. The van der Waals surface area contributed by atoms with Crippen molar-refractivity contribution < 1.29 is 22.4 Å². The van der Waals surface area contributed by atoms with E-state index in [1.165, 1.54) is 37.5 Å². The molecule has 0 bridgehead atoms. The highest BCUT2D eigenvalue weighted by Gasteiger charge is 2.24. The Morgan fingerprint density at radius 1 is 1.00 bits per heavy atom. The van der Waals surface area contributed by atoms with E-state index in [9.17, 15) is 18.0 Å². The maximum Gasteiger partial charge on any atom is 0.289 e. The summed E-state index contributed by atoms with van der Waals surface area (Å²) >= 11 is 0. The summed E-state index contributed by atoms with van der Waals surface area (Å²) in [6.07, 6.45) is 2.14. The number of sulfonamides is 1. The highest BCUT2D eigenvalue weighted by atomic mass is 32.2. The van der Waals surface area contributed by atoms with Gasteiger partial charge in [-0.1, -0.05) is 6.07 Å². The molecule has 0 saturated heterocycles. The molecule has 9 heteroatoms. The number of rotatable bonds is 5. The summed E-state index contributed by atoms with van der Waals surface area (Å²) in [4.78, 5) is 25.4. The SMILES string of the molecule is CC(=O)Nc1ccc(S(=O)(=O)Nc2ccc3c(c2)CN(C(=O)c2ccco2)CC3)cc1. The molecule has 0 radical (unpaired) electrons. The molecule has 160 valence electrons. The number of hydrogen-bond acceptors (Lipinski definition) is 5. The quantitative estimate of drug-likeness (QED) is 0.634. The van der Waals surface area contributed by atoms with Gasteiger partial charge < -0.3 is 14.6 Å². The average molecular weight is 439 g/mol. The predicted molar refractivity (Wildman–Crippen MR) is 115 cm³/mol. The van der Waals surface area contributed by atoms with Gasteiger partial charge in [-0.05, 0) is 66.1 Å². The fourth-order valence-corrected chi connectivity index (χ4v) is 4.53. The zero-order valence-corrected chi connectivity index (χ0v) is 17.6. The van der Waals surface area contributed by atoms with Crippen molar-refractivity contribution in [3.8, 4) is 0 Å². The molecule has 0 saturated carbocycles. The van der Waals surface area contributed by atoms with E-state index in [-0.39, 0.29) is 22.5 Å². The van der Waals surface area contributed by atoms with Crippen LogP contribution in [0.25, 0.3) is 0 Å². The van der Waals surface area contributed by atoms with Gasteiger partial charge in [-0.25, -0.2) is 8.42 Å². The lowest BCUT2D eigenvalue weighted by Crippen LogP contribution is -2.35. The van der Waals surface area contributed by atoms with E-state index in [1.807, 2.05) is 6.07 Å². The van der Waals surface area contributed by atoms with Crippen LogP contribution >= 0.6 is 0 Å². The van der Waals surface area contributed by atoms with Crippen molar-refractivity contribution in [1.82, 2.24) is 4.90 Å². The van der Waals surface area contributed by atoms with E-state index >= 15 is 0 Å². The molecule has 0 aliphatic carbocycles. The van der Waals surface area contributed by atoms with Crippen LogP contribution in [0, 0.1) is 0 Å². The van der Waals surface area contributed by atoms with Crippen LogP contribution in [-0.2, 0) is 27.8 Å². The number of nitrogens with one attached hydrogen (secondary N) is 2. The molecule has 2 heterocycles. The van der Waals surface area contributed by atoms with Crippen molar-refractivity contribution in [2.24, 2.45) is 0 Å². The molecular weight excluding hydrogens is 418 g/mol. The minimum Gasteiger partial charge on any atom is -0.459 e. The van der Waals surface area contributed by atoms with E-state index in [0.29, 0.717) is 30.9 Å². The Morgan fingerprint density at radius 2 is 1.74 bits per heavy atom. The third-order valence-corrected chi connectivity index (χ3v) is 6.37. The van der Waals surface area contributed by atoms with Crippen LogP contribution in [0.3, 0.4) is 0 Å². The van der Waals surface area contributed by atoms with Crippen molar-refractivity contribution in [2.45, 2.75) is 24.8 Å². The lowest BCUT2D eigenvalue weighted by atomic mass is 9.99. The largest absolute Gasteiger partial charge is 0.459 e. The average Bonchev–Trinajstić information content (AvgIpc) is 3.27. The fraction of sp³-hybridized carbons (Fsp3) is 0.182. The van der Waals surface area contributed by atoms with Crippen molar-refractivity contribution in [3.63, 3.8) is 0 Å². The molecule has 2 aromatic carbocycles. The summed E-state index contributed by atoms with van der Waals surface area (Å²) in [5, 5.41) is 2.60. The minimum absolute atomic E-state index is 0.0777. The topological polar surface area (TPSA) is 109 Å². The lowest BCUT2D eigenvalue weighted by molar-refractivity contribution is -0.114. The van der Waals surface area contributed by atoms with Crippen LogP contribution in [0.15, 0.2) is 70.2 Å². The molecule has 0 fully saturated rings. The van der Waals surface area contributed by atoms with Gasteiger partial charge in [0.25, 0.3) is 15.9 Å². The van der Waals surface area contributed by atoms with Crippen LogP contribution in [0.5, 0.6) is 0 Å². The summed E-state index contributed by atoms with van der Waals surface area (Å²) in [5.41, 5.74) is 2.89. The molecule has 0 atom stereocenters. The van der Waals surface area contributed by atoms with Gasteiger partial charge in [0.05, 0.1) is 11.2 Å². The number of nitrogens with zero attached hydrogens (tertiary/aromatic N) is 1. The Labute approximate surface area is 179 Å². The van der Waals surface area contributed by atoms with Crippen molar-refractivity contribution >= 4 is 33.2 Å². The first-order valence-corrected chi connectivity index (χ1v) is 11.2. The van der Waals surface area contributed by atoms with Gasteiger partial charge >= 0.3 is 0 Å². The Balaban J connectivity index is 1.50. The molecule has 1 aliphatic heterocycles. The van der Waals surface area contributed by atoms with Gasteiger partial charge in [0.1, 0.15) is 0 Å². The molecule has 0 spiro atoms. The number of carbonyl (C=O) groups excluding carboxylic acids is 2. The zero-order valence-electron chi connectivity index (χ0n) is 16.8. The van der Waals surface area contributed by atoms with E-state index < -0.39 is 10.0 Å². The molecular formula is C22H21N3O5S. The molecule has 2 N–H and O–H groups in total. The minimum atomic E-state index is -3.81. The maximum absolute atomic E-state index is 12.8. The number of hydrogen-bond donors (Lipinski definition) is 2. The van der Waals surface area contributed by atoms with Crippen molar-refractivity contribution in [2.75, 3.05) is 16.6 Å². The highest BCUT2D eigenvalue weighted by Crippen LogP contribution is 2.26. The van der Waals surface area contributed by atoms with E-state index in [0.717, 1.165) is 11.1 Å². The Hall–Kier alpha value is -3.59. The number of anilines is 2. The molecule has 8 nitrogen and oxygen atoms in total. The second-order valence-electron chi connectivity index (χ2n) is 7.25. The summed E-state index contributed by atoms with van der Waals surface area (Å²) < 4.78 is 33.3. The maximum atomic E-state index is 12.8. The first-order chi connectivity index (χ1) is 14.8. The first-order valence-electron chi connectivity index (χ1n) is 9.67. The zero-order chi connectivity index (χ0) is 22.0. The summed E-state index contributed by atoms with van der Waals surface area (Å²) in [5.74, 6) is -0.147. The smallest absolute Gasteiger partial charge is 0.289 e. The van der Waals surface area contributed by atoms with Gasteiger partial charge in [0, 0.05) is 31.4 Å². The number of fused-ring (bicyclic) bond motifs is 1. The number of furan rings is 1. The van der Waals surface area contributed by atoms with E-state index in [4.69, 9.17) is 4.42 Å². The Bertz CT molecular complexity index is 1220. The number of amides is 2. The summed E-state index contributed by atoms with van der Waals surface area (Å²) in [7, 11) is -3.81. The molecule has 0 unspecified atom stereocenters. The third kappa shape index (κ3) is 4.61. The standard InChI is InChI=1S/C22H21N3O5S/c1-15(26)23-18-6-8-20(9-7-18)31(28,29)24-19-5-4-16-10-11-25(14-17(16)13-19)22(27)21-3-2-12-30-21/h2-9,12-13,24H,10-11,14H2,1H3,(H,23,26). The van der Waals surface area contributed by atoms with Gasteiger partial charge in [-0.2, -0.15) is 0 Å². The third-order valence-electron chi connectivity index (χ3n) is 4.97. The Morgan fingerprint density at radius 3 is 2.42 bits per heavy atom. The van der Waals surface area contributed by atoms with Gasteiger partial charge in [-0.3, -0.25) is 14.3 Å². The van der Waals surface area contributed by atoms with Crippen LogP contribution < -0.4 is 10.0 Å². The predicted octanol–water partition coefficient (Wildman–Crippen LogP) is 3.24. The van der Waals surface area contributed by atoms with Crippen LogP contribution in [-0.4, -0.2) is 31.7 Å². The van der Waals surface area contributed by atoms with Crippen molar-refractivity contribution in [3.05, 3.63) is 77.7 Å². The van der Waals surface area contributed by atoms with E-state index in [1.54, 1.807) is 29.2 Å². The summed E-state index contributed by atoms with van der Waals surface area (Å²) in [6.45, 7) is 2.32. The molecule has 31 heavy (non-hydrogen) atoms. The molecule has 4 rings (SSSR count). The van der Waals surface area contributed by atoms with E-state index in [2.05, 4.69) is 10.0 Å². The van der Waals surface area contributed by atoms with Crippen LogP contribution in [0.1, 0.15) is 28.6 Å². The van der Waals surface area contributed by atoms with Gasteiger partial charge in [0.15, 0.2) is 5.76 Å². The molecule has 2 amide bonds. The van der Waals surface area contributed by atoms with Crippen LogP contribution in [0.2, 0.25) is 0 Å². The second-order valence-corrected chi connectivity index (χ2v) is 8.93. The summed E-state index contributed by atoms with van der Waals surface area (Å²) in [6, 6.07) is 14.5. The van der Waals surface area contributed by atoms with Crippen molar-refractivity contribution in [1.29, 1.82) is 0 Å². The van der Waals surface area contributed by atoms with Crippen LogP contribution in [0.4, 0.5) is 11.4 Å². The highest BCUT2D eigenvalue weighted by molar-refractivity contribution is 7.92. The van der Waals surface area contributed by atoms with Gasteiger partial charge in [0.2, 0.25) is 5.91 Å². The number of carbonyl (C=O) groups is 2. The Kier molecular flexibility index (Phi) is 5.51. The second kappa shape index (κ2) is 8.27. The molecule has 3 aromatic rings. The van der Waals surface area contributed by atoms with Gasteiger partial charge in [-0.15, -0.1) is 0 Å². The lowest BCUT2D eigenvalue weighted by Gasteiger charge is -2.28. The normalized spacial score (nSPS) is 13.4. The fourth-order valence-electron chi connectivity index (χ4n) is 3.48.